The third-order valence-electron chi connectivity index (χ3n) is 4.77. The summed E-state index contributed by atoms with van der Waals surface area (Å²) in [7, 11) is 1.63. The van der Waals surface area contributed by atoms with Crippen LogP contribution in [0.25, 0.3) is 6.08 Å². The minimum absolute atomic E-state index is 0.109. The highest BCUT2D eigenvalue weighted by Crippen LogP contribution is 2.35. The molecule has 3 rings (SSSR count). The molecule has 1 aliphatic rings. The fourth-order valence-electron chi connectivity index (χ4n) is 3.02. The molecule has 0 spiro atoms. The topological polar surface area (TPSA) is 93.4 Å². The van der Waals surface area contributed by atoms with E-state index in [4.69, 9.17) is 5.11 Å². The van der Waals surface area contributed by atoms with E-state index in [1.54, 1.807) is 37.4 Å². The van der Waals surface area contributed by atoms with Gasteiger partial charge in [-0.25, -0.2) is 9.79 Å². The van der Waals surface area contributed by atoms with E-state index in [-0.39, 0.29) is 17.2 Å². The Hall–Kier alpha value is -3.26. The minimum atomic E-state index is -1.01. The highest BCUT2D eigenvalue weighted by atomic mass is 32.2. The number of carboxylic acid groups (broad SMARTS) is 1. The van der Waals surface area contributed by atoms with E-state index in [0.29, 0.717) is 21.3 Å². The van der Waals surface area contributed by atoms with Crippen molar-refractivity contribution in [2.45, 2.75) is 13.8 Å². The van der Waals surface area contributed by atoms with Crippen molar-refractivity contribution in [3.8, 4) is 5.75 Å². The predicted octanol–water partition coefficient (Wildman–Crippen LogP) is 4.17. The summed E-state index contributed by atoms with van der Waals surface area (Å²) in [6.45, 7) is 5.78. The minimum Gasteiger partial charge on any atom is -0.507 e. The average Bonchev–Trinajstić information content (AvgIpc) is 2.99. The summed E-state index contributed by atoms with van der Waals surface area (Å²) in [4.78, 5) is 32.0. The van der Waals surface area contributed by atoms with Crippen molar-refractivity contribution in [2.75, 3.05) is 25.0 Å². The van der Waals surface area contributed by atoms with E-state index < -0.39 is 5.97 Å². The molecule has 1 saturated heterocycles. The van der Waals surface area contributed by atoms with Gasteiger partial charge in [0.25, 0.3) is 5.91 Å². The molecule has 2 aromatic carbocycles. The molecule has 8 heteroatoms. The SMILES string of the molecule is CCN(CC)c1ccc(C=C2SC(=Nc3ccc(C(=O)O)cc3)N(C)C2=O)c(O)c1. The number of amides is 1. The van der Waals surface area contributed by atoms with Crippen molar-refractivity contribution >= 4 is 46.3 Å². The number of anilines is 1. The number of aromatic hydroxyl groups is 1. The zero-order valence-electron chi connectivity index (χ0n) is 17.0. The van der Waals surface area contributed by atoms with E-state index in [2.05, 4.69) is 23.7 Å². The van der Waals surface area contributed by atoms with E-state index in [1.807, 2.05) is 6.07 Å². The van der Waals surface area contributed by atoms with Crippen molar-refractivity contribution in [1.82, 2.24) is 4.90 Å². The fourth-order valence-corrected chi connectivity index (χ4v) is 4.00. The number of phenolic OH excluding ortho intramolecular Hbond substituents is 1. The van der Waals surface area contributed by atoms with Gasteiger partial charge in [0, 0.05) is 37.5 Å². The third-order valence-corrected chi connectivity index (χ3v) is 5.83. The fraction of sp³-hybridized carbons (Fsp3) is 0.227. The number of thioether (sulfide) groups is 1. The van der Waals surface area contributed by atoms with Crippen LogP contribution in [0, 0.1) is 0 Å². The smallest absolute Gasteiger partial charge is 0.335 e. The van der Waals surface area contributed by atoms with Crippen LogP contribution in [0.1, 0.15) is 29.8 Å². The van der Waals surface area contributed by atoms with Crippen molar-refractivity contribution in [3.63, 3.8) is 0 Å². The number of amidine groups is 1. The van der Waals surface area contributed by atoms with E-state index in [0.717, 1.165) is 18.8 Å². The number of carbonyl (C=O) groups excluding carboxylic acids is 1. The Morgan fingerprint density at radius 2 is 1.83 bits per heavy atom. The molecule has 1 fully saturated rings. The molecule has 0 unspecified atom stereocenters. The summed E-state index contributed by atoms with van der Waals surface area (Å²) in [5.74, 6) is -1.11. The van der Waals surface area contributed by atoms with Gasteiger partial charge < -0.3 is 15.1 Å². The van der Waals surface area contributed by atoms with Gasteiger partial charge in [0.2, 0.25) is 0 Å². The van der Waals surface area contributed by atoms with Crippen molar-refractivity contribution in [1.29, 1.82) is 0 Å². The number of carboxylic acids is 1. The predicted molar refractivity (Wildman–Crippen MR) is 121 cm³/mol. The Kier molecular flexibility index (Phi) is 6.47. The molecule has 0 radical (unpaired) electrons. The zero-order valence-corrected chi connectivity index (χ0v) is 17.8. The van der Waals surface area contributed by atoms with E-state index in [9.17, 15) is 14.7 Å². The second-order valence-electron chi connectivity index (χ2n) is 6.64. The number of nitrogens with zero attached hydrogens (tertiary/aromatic N) is 3. The molecule has 1 heterocycles. The number of carbonyl (C=O) groups is 2. The first-order chi connectivity index (χ1) is 14.3. The number of hydrogen-bond acceptors (Lipinski definition) is 6. The highest BCUT2D eigenvalue weighted by Gasteiger charge is 2.30. The summed E-state index contributed by atoms with van der Waals surface area (Å²) in [6.07, 6.45) is 1.65. The van der Waals surface area contributed by atoms with Crippen molar-refractivity contribution in [2.24, 2.45) is 4.99 Å². The monoisotopic (exact) mass is 425 g/mol. The van der Waals surface area contributed by atoms with Crippen molar-refractivity contribution < 1.29 is 19.8 Å². The molecule has 2 N–H and O–H groups in total. The number of benzene rings is 2. The van der Waals surface area contributed by atoms with Crippen LogP contribution in [0.15, 0.2) is 52.4 Å². The van der Waals surface area contributed by atoms with Crippen LogP contribution in [0.4, 0.5) is 11.4 Å². The average molecular weight is 426 g/mol. The van der Waals surface area contributed by atoms with Gasteiger partial charge in [0.05, 0.1) is 16.2 Å². The van der Waals surface area contributed by atoms with Crippen LogP contribution in [-0.4, -0.2) is 52.3 Å². The van der Waals surface area contributed by atoms with Crippen LogP contribution >= 0.6 is 11.8 Å². The zero-order chi connectivity index (χ0) is 21.8. The molecule has 7 nitrogen and oxygen atoms in total. The van der Waals surface area contributed by atoms with Crippen LogP contribution in [0.5, 0.6) is 5.75 Å². The Labute approximate surface area is 179 Å². The Morgan fingerprint density at radius 3 is 2.40 bits per heavy atom. The first kappa shape index (κ1) is 21.4. The number of rotatable bonds is 6. The number of likely N-dealkylation sites (N-methyl/N-ethyl adjacent to an activating group) is 1. The normalized spacial score (nSPS) is 16.5. The molecular weight excluding hydrogens is 402 g/mol. The number of aromatic carboxylic acids is 1. The number of hydrogen-bond donors (Lipinski definition) is 2. The summed E-state index contributed by atoms with van der Waals surface area (Å²) in [5, 5.41) is 19.9. The van der Waals surface area contributed by atoms with Crippen LogP contribution in [0.3, 0.4) is 0 Å². The van der Waals surface area contributed by atoms with Gasteiger partial charge in [-0.1, -0.05) is 0 Å². The van der Waals surface area contributed by atoms with Gasteiger partial charge in [0.15, 0.2) is 5.17 Å². The molecule has 1 amide bonds. The molecular formula is C22H23N3O4S. The first-order valence-corrected chi connectivity index (χ1v) is 10.3. The molecule has 0 bridgehead atoms. The Morgan fingerprint density at radius 1 is 1.17 bits per heavy atom. The molecule has 30 heavy (non-hydrogen) atoms. The second-order valence-corrected chi connectivity index (χ2v) is 7.65. The lowest BCUT2D eigenvalue weighted by Crippen LogP contribution is -2.23. The Balaban J connectivity index is 1.85. The maximum absolute atomic E-state index is 12.6. The second kappa shape index (κ2) is 9.04. The quantitative estimate of drug-likeness (QED) is 0.675. The largest absolute Gasteiger partial charge is 0.507 e. The van der Waals surface area contributed by atoms with Gasteiger partial charge >= 0.3 is 5.97 Å². The Bertz CT molecular complexity index is 1030. The highest BCUT2D eigenvalue weighted by molar-refractivity contribution is 8.18. The van der Waals surface area contributed by atoms with Gasteiger partial charge in [-0.15, -0.1) is 0 Å². The molecule has 0 aliphatic carbocycles. The van der Waals surface area contributed by atoms with Crippen LogP contribution in [0.2, 0.25) is 0 Å². The first-order valence-electron chi connectivity index (χ1n) is 9.51. The number of phenols is 1. The number of aliphatic imine (C=N–C) groups is 1. The molecule has 0 aromatic heterocycles. The summed E-state index contributed by atoms with van der Waals surface area (Å²) < 4.78 is 0. The van der Waals surface area contributed by atoms with Gasteiger partial charge in [0.1, 0.15) is 5.75 Å². The summed E-state index contributed by atoms with van der Waals surface area (Å²) in [5.41, 5.74) is 2.21. The maximum Gasteiger partial charge on any atom is 0.335 e. The lowest BCUT2D eigenvalue weighted by molar-refractivity contribution is -0.121. The lowest BCUT2D eigenvalue weighted by atomic mass is 10.1. The molecule has 0 saturated carbocycles. The van der Waals surface area contributed by atoms with Crippen molar-refractivity contribution in [3.05, 3.63) is 58.5 Å². The molecule has 2 aromatic rings. The van der Waals surface area contributed by atoms with E-state index in [1.165, 1.54) is 28.8 Å². The van der Waals surface area contributed by atoms with Crippen LogP contribution < -0.4 is 4.90 Å². The van der Waals surface area contributed by atoms with E-state index >= 15 is 0 Å². The lowest BCUT2D eigenvalue weighted by Gasteiger charge is -2.21. The van der Waals surface area contributed by atoms with Gasteiger partial charge in [-0.05, 0) is 68.1 Å². The van der Waals surface area contributed by atoms with Crippen LogP contribution in [-0.2, 0) is 4.79 Å². The third kappa shape index (κ3) is 4.49. The summed E-state index contributed by atoms with van der Waals surface area (Å²) in [6, 6.07) is 11.5. The maximum atomic E-state index is 12.6. The molecule has 0 atom stereocenters. The van der Waals surface area contributed by atoms with Gasteiger partial charge in [-0.3, -0.25) is 9.69 Å². The molecule has 156 valence electrons. The van der Waals surface area contributed by atoms with Gasteiger partial charge in [-0.2, -0.15) is 0 Å². The molecule has 1 aliphatic heterocycles. The summed E-state index contributed by atoms with van der Waals surface area (Å²) >= 11 is 1.20. The standard InChI is InChI=1S/C22H23N3O4S/c1-4-25(5-2)17-11-8-15(18(26)13-17)12-19-20(27)24(3)22(30-19)23-16-9-6-14(7-10-16)21(28)29/h6-13,26H,4-5H2,1-3H3,(H,28,29).